The zero-order valence-corrected chi connectivity index (χ0v) is 34.5. The van der Waals surface area contributed by atoms with Gasteiger partial charge in [0.2, 0.25) is 0 Å². The molecule has 0 aliphatic carbocycles. The lowest BCUT2D eigenvalue weighted by atomic mass is 9.73. The predicted molar refractivity (Wildman–Crippen MR) is 204 cm³/mol. The van der Waals surface area contributed by atoms with Gasteiger partial charge in [-0.3, -0.25) is 4.79 Å². The highest BCUT2D eigenvalue weighted by Gasteiger charge is 2.51. The molecule has 0 radical (unpaired) electrons. The first-order valence-corrected chi connectivity index (χ1v) is 20.1. The van der Waals surface area contributed by atoms with Gasteiger partial charge in [0.15, 0.2) is 12.4 Å². The number of rotatable bonds is 13. The van der Waals surface area contributed by atoms with Crippen LogP contribution in [0, 0.1) is 28.9 Å². The van der Waals surface area contributed by atoms with Gasteiger partial charge in [0.25, 0.3) is 0 Å². The Morgan fingerprint density at radius 1 is 1.06 bits per heavy atom. The molecule has 2 aliphatic heterocycles. The van der Waals surface area contributed by atoms with Gasteiger partial charge in [-0.1, -0.05) is 32.9 Å². The zero-order chi connectivity index (χ0) is 40.6. The molecule has 7 N–H and O–H groups in total. The van der Waals surface area contributed by atoms with Gasteiger partial charge in [-0.05, 0) is 40.5 Å². The highest BCUT2D eigenvalue weighted by Crippen LogP contribution is 2.38. The van der Waals surface area contributed by atoms with Crippen LogP contribution in [-0.4, -0.2) is 147 Å². The Hall–Kier alpha value is -1.87. The van der Waals surface area contributed by atoms with E-state index >= 15 is 0 Å². The average Bonchev–Trinajstić information content (AvgIpc) is 3.62. The number of ether oxygens (including phenoxy) is 3. The normalized spacial score (nSPS) is 39.9. The molecule has 3 rings (SSSR count). The topological polar surface area (TPSA) is 228 Å². The molecule has 0 bridgehead atoms. The summed E-state index contributed by atoms with van der Waals surface area (Å²) >= 11 is 1.59. The Morgan fingerprint density at radius 2 is 1.72 bits per heavy atom. The van der Waals surface area contributed by atoms with Crippen molar-refractivity contribution in [1.82, 2.24) is 15.6 Å². The molecule has 0 saturated carbocycles. The number of esters is 1. The lowest BCUT2D eigenvalue weighted by molar-refractivity contribution is -0.874. The maximum Gasteiger partial charge on any atom is 0.311 e. The molecule has 0 aromatic carbocycles. The van der Waals surface area contributed by atoms with Crippen LogP contribution in [0.15, 0.2) is 16.7 Å². The molecular formula is C37H67N5O11S. The van der Waals surface area contributed by atoms with Crippen molar-refractivity contribution in [3.8, 4) is 0 Å². The zero-order valence-electron chi connectivity index (χ0n) is 33.7. The number of nitrogens with one attached hydrogen (secondary N) is 2. The van der Waals surface area contributed by atoms with E-state index in [0.717, 1.165) is 5.01 Å². The van der Waals surface area contributed by atoms with Crippen LogP contribution in [0.3, 0.4) is 0 Å². The standard InChI is InChI=1S/C37H67N5O11S/c1-11-27-37(8,48)32(45)23(4)29(41-50-16-14-38-12-13-39-20-28-40-15-17-54-28)21(2)19-36(7,47)33(24(5)30(43)25(6)34(46)52-27)53-35-31(44)26(42(9,10)49)18-22(3)51-35/h15,17,21-27,30-33,35,38-39,43-45,47-48H,11-14,16,18-20H2,1-10H3/b41-29+/t21-,22-,23+,24+,25-,26?,27-,30+,31+,32+,33+,35+,36?,37-/m1/s1. The largest absolute Gasteiger partial charge is 0.633 e. The van der Waals surface area contributed by atoms with Crippen LogP contribution >= 0.6 is 11.3 Å². The summed E-state index contributed by atoms with van der Waals surface area (Å²) in [6.45, 7) is 15.7. The van der Waals surface area contributed by atoms with E-state index in [9.17, 15) is 35.5 Å². The van der Waals surface area contributed by atoms with Crippen molar-refractivity contribution in [3.63, 3.8) is 0 Å². The number of aliphatic hydroxyl groups excluding tert-OH is 3. The number of nitrogens with zero attached hydrogens (tertiary/aromatic N) is 3. The van der Waals surface area contributed by atoms with Crippen LogP contribution in [0.4, 0.5) is 0 Å². The number of hydrogen-bond donors (Lipinski definition) is 7. The van der Waals surface area contributed by atoms with E-state index < -0.39 is 94.4 Å². The second kappa shape index (κ2) is 20.0. The summed E-state index contributed by atoms with van der Waals surface area (Å²) in [6.07, 6.45) is -6.30. The highest BCUT2D eigenvalue weighted by atomic mass is 32.1. The number of carbonyl (C=O) groups is 1. The number of carbonyl (C=O) groups excluding carboxylic acids is 1. The molecule has 2 saturated heterocycles. The van der Waals surface area contributed by atoms with Crippen LogP contribution in [0.2, 0.25) is 0 Å². The minimum atomic E-state index is -1.93. The van der Waals surface area contributed by atoms with E-state index in [0.29, 0.717) is 31.9 Å². The van der Waals surface area contributed by atoms with Gasteiger partial charge >= 0.3 is 5.97 Å². The summed E-state index contributed by atoms with van der Waals surface area (Å²) in [6, 6.07) is -0.790. The minimum Gasteiger partial charge on any atom is -0.633 e. The summed E-state index contributed by atoms with van der Waals surface area (Å²) in [5.41, 5.74) is -3.37. The molecule has 54 heavy (non-hydrogen) atoms. The van der Waals surface area contributed by atoms with Crippen LogP contribution in [0.1, 0.15) is 79.7 Å². The van der Waals surface area contributed by atoms with E-state index in [1.54, 1.807) is 52.2 Å². The summed E-state index contributed by atoms with van der Waals surface area (Å²) in [5.74, 6) is -4.34. The van der Waals surface area contributed by atoms with Crippen LogP contribution in [0.5, 0.6) is 0 Å². The number of cyclic esters (lactones) is 1. The number of oxime groups is 1. The third kappa shape index (κ3) is 12.1. The van der Waals surface area contributed by atoms with E-state index in [1.807, 2.05) is 5.38 Å². The monoisotopic (exact) mass is 789 g/mol. The van der Waals surface area contributed by atoms with Gasteiger partial charge in [-0.25, -0.2) is 4.98 Å². The first kappa shape index (κ1) is 46.5. The molecular weight excluding hydrogens is 722 g/mol. The Morgan fingerprint density at radius 3 is 2.33 bits per heavy atom. The smallest absolute Gasteiger partial charge is 0.311 e. The molecule has 17 heteroatoms. The van der Waals surface area contributed by atoms with Crippen LogP contribution < -0.4 is 10.6 Å². The van der Waals surface area contributed by atoms with Crippen LogP contribution in [0.25, 0.3) is 0 Å². The molecule has 16 nitrogen and oxygen atoms in total. The number of hydroxylamine groups is 3. The van der Waals surface area contributed by atoms with Crippen molar-refractivity contribution < 1.29 is 54.0 Å². The lowest BCUT2D eigenvalue weighted by Gasteiger charge is -2.50. The lowest BCUT2D eigenvalue weighted by Crippen LogP contribution is -2.62. The average molecular weight is 790 g/mol. The number of thiazole rings is 1. The van der Waals surface area contributed by atoms with Gasteiger partial charge in [-0.15, -0.1) is 11.3 Å². The number of hydrogen-bond acceptors (Lipinski definition) is 16. The summed E-state index contributed by atoms with van der Waals surface area (Å²) in [7, 11) is 2.86. The van der Waals surface area contributed by atoms with Crippen molar-refractivity contribution in [3.05, 3.63) is 21.8 Å². The van der Waals surface area contributed by atoms with Crippen molar-refractivity contribution in [1.29, 1.82) is 0 Å². The number of quaternary nitrogens is 1. The summed E-state index contributed by atoms with van der Waals surface area (Å²) in [5, 5.41) is 85.6. The third-order valence-electron chi connectivity index (χ3n) is 11.0. The predicted octanol–water partition coefficient (Wildman–Crippen LogP) is 1.51. The van der Waals surface area contributed by atoms with Crippen LogP contribution in [-0.2, 0) is 30.4 Å². The third-order valence-corrected chi connectivity index (χ3v) is 11.8. The number of aliphatic hydroxyl groups is 5. The molecule has 312 valence electrons. The molecule has 14 atom stereocenters. The van der Waals surface area contributed by atoms with Crippen molar-refractivity contribution in [2.45, 2.75) is 141 Å². The van der Waals surface area contributed by atoms with Crippen molar-refractivity contribution in [2.24, 2.45) is 28.8 Å². The van der Waals surface area contributed by atoms with E-state index in [2.05, 4.69) is 20.8 Å². The van der Waals surface area contributed by atoms with Crippen molar-refractivity contribution in [2.75, 3.05) is 40.3 Å². The second-order valence-electron chi connectivity index (χ2n) is 16.2. The summed E-state index contributed by atoms with van der Waals surface area (Å²) < 4.78 is 17.4. The summed E-state index contributed by atoms with van der Waals surface area (Å²) in [4.78, 5) is 23.5. The Kier molecular flexibility index (Phi) is 17.2. The maximum atomic E-state index is 13.5. The molecule has 0 spiro atoms. The van der Waals surface area contributed by atoms with Gasteiger partial charge in [0.05, 0.1) is 55.7 Å². The van der Waals surface area contributed by atoms with Gasteiger partial charge in [0.1, 0.15) is 29.4 Å². The Bertz CT molecular complexity index is 1310. The maximum absolute atomic E-state index is 13.5. The highest BCUT2D eigenvalue weighted by molar-refractivity contribution is 7.09. The first-order valence-electron chi connectivity index (χ1n) is 19.2. The number of likely N-dealkylation sites (N-methyl/N-ethyl adjacent to an activating group) is 1. The van der Waals surface area contributed by atoms with Crippen molar-refractivity contribution >= 4 is 23.0 Å². The van der Waals surface area contributed by atoms with E-state index in [-0.39, 0.29) is 25.9 Å². The molecule has 3 heterocycles. The molecule has 1 aromatic heterocycles. The van der Waals surface area contributed by atoms with E-state index in [4.69, 9.17) is 19.0 Å². The second-order valence-corrected chi connectivity index (χ2v) is 17.2. The first-order chi connectivity index (χ1) is 25.1. The fourth-order valence-electron chi connectivity index (χ4n) is 7.78. The Balaban J connectivity index is 1.92. The SMILES string of the molecule is CC[C@H]1OC(=O)[C@H](C)[C@@H](O)[C@H](C)[C@H](O[C@@H]2O[C@H](C)CC([N+](C)(C)[O-])[C@@H]2O)C(C)(O)C[C@@H](C)/C(=N\OCCNCCNCc2nccs2)[C@H](C)[C@H](O)[C@]1(C)O. The molecule has 2 fully saturated rings. The minimum absolute atomic E-state index is 0.0416. The van der Waals surface area contributed by atoms with E-state index in [1.165, 1.54) is 34.9 Å². The fraction of sp³-hybridized carbons (Fsp3) is 0.865. The Labute approximate surface area is 324 Å². The van der Waals surface area contributed by atoms with Gasteiger partial charge < -0.3 is 65.1 Å². The fourth-order valence-corrected chi connectivity index (χ4v) is 8.36. The van der Waals surface area contributed by atoms with Gasteiger partial charge in [-0.2, -0.15) is 0 Å². The van der Waals surface area contributed by atoms with Gasteiger partial charge in [0, 0.05) is 61.9 Å². The number of aromatic nitrogens is 1. The quantitative estimate of drug-likeness (QED) is 0.0651. The molecule has 0 amide bonds. The molecule has 2 unspecified atom stereocenters. The molecule has 1 aromatic rings. The molecule has 2 aliphatic rings.